The summed E-state index contributed by atoms with van der Waals surface area (Å²) in [5, 5.41) is 13.0. The number of benzene rings is 1. The second-order valence-electron chi connectivity index (χ2n) is 5.19. The molecule has 0 heterocycles. The number of methoxy groups -OCH3 is 1. The number of aryl methyl sites for hydroxylation is 1. The minimum atomic E-state index is -0.973. The molecular formula is C15H21NO3. The van der Waals surface area contributed by atoms with Gasteiger partial charge in [-0.25, -0.2) is 4.79 Å². The van der Waals surface area contributed by atoms with E-state index >= 15 is 0 Å². The van der Waals surface area contributed by atoms with E-state index in [-0.39, 0.29) is 6.04 Å². The molecule has 0 radical (unpaired) electrons. The lowest BCUT2D eigenvalue weighted by Gasteiger charge is -2.30. The second-order valence-corrected chi connectivity index (χ2v) is 5.19. The quantitative estimate of drug-likeness (QED) is 0.856. The van der Waals surface area contributed by atoms with Crippen molar-refractivity contribution in [1.29, 1.82) is 0 Å². The summed E-state index contributed by atoms with van der Waals surface area (Å²) >= 11 is 0. The zero-order chi connectivity index (χ0) is 14.0. The minimum absolute atomic E-state index is 0.160. The highest BCUT2D eigenvalue weighted by atomic mass is 16.5. The summed E-state index contributed by atoms with van der Waals surface area (Å²) in [7, 11) is 1.60. The van der Waals surface area contributed by atoms with Gasteiger partial charge in [0.05, 0.1) is 7.11 Å². The maximum atomic E-state index is 11.8. The van der Waals surface area contributed by atoms with Crippen LogP contribution in [0.15, 0.2) is 18.2 Å². The molecule has 2 unspecified atom stereocenters. The largest absolute Gasteiger partial charge is 0.497 e. The van der Waals surface area contributed by atoms with Crippen molar-refractivity contribution in [3.8, 4) is 5.75 Å². The summed E-state index contributed by atoms with van der Waals surface area (Å²) in [4.78, 5) is 11.8. The zero-order valence-electron chi connectivity index (χ0n) is 11.7. The first-order valence-corrected chi connectivity index (χ1v) is 6.72. The van der Waals surface area contributed by atoms with Gasteiger partial charge in [0.2, 0.25) is 0 Å². The van der Waals surface area contributed by atoms with Crippen LogP contribution in [0.5, 0.6) is 5.75 Å². The van der Waals surface area contributed by atoms with Crippen molar-refractivity contribution >= 4 is 5.97 Å². The molecule has 1 aliphatic carbocycles. The van der Waals surface area contributed by atoms with Crippen LogP contribution in [0.3, 0.4) is 0 Å². The number of carboxylic acids is 1. The Balaban J connectivity index is 2.46. The number of hydrogen-bond acceptors (Lipinski definition) is 3. The molecule has 2 atom stereocenters. The van der Waals surface area contributed by atoms with Crippen molar-refractivity contribution < 1.29 is 14.6 Å². The Morgan fingerprint density at radius 3 is 2.89 bits per heavy atom. The summed E-state index contributed by atoms with van der Waals surface area (Å²) < 4.78 is 5.22. The number of nitrogens with one attached hydrogen (secondary N) is 1. The highest BCUT2D eigenvalue weighted by Crippen LogP contribution is 2.39. The highest BCUT2D eigenvalue weighted by Gasteiger charge is 2.46. The molecule has 0 fully saturated rings. The molecule has 19 heavy (non-hydrogen) atoms. The summed E-state index contributed by atoms with van der Waals surface area (Å²) in [6, 6.07) is 5.87. The smallest absolute Gasteiger partial charge is 0.328 e. The van der Waals surface area contributed by atoms with E-state index in [0.29, 0.717) is 12.2 Å². The molecule has 2 rings (SSSR count). The number of carbonyl (C=O) groups is 1. The maximum Gasteiger partial charge on any atom is 0.328 e. The molecule has 0 spiro atoms. The fraction of sp³-hybridized carbons (Fsp3) is 0.533. The van der Waals surface area contributed by atoms with Crippen molar-refractivity contribution in [1.82, 2.24) is 5.32 Å². The molecule has 4 nitrogen and oxygen atoms in total. The Kier molecular flexibility index (Phi) is 3.80. The number of carboxylic acid groups (broad SMARTS) is 1. The van der Waals surface area contributed by atoms with Crippen LogP contribution in [-0.2, 0) is 16.8 Å². The van der Waals surface area contributed by atoms with Crippen LogP contribution in [0.4, 0.5) is 0 Å². The van der Waals surface area contributed by atoms with Gasteiger partial charge in [0, 0.05) is 6.04 Å². The van der Waals surface area contributed by atoms with E-state index in [1.165, 1.54) is 0 Å². The lowest BCUT2D eigenvalue weighted by molar-refractivity contribution is -0.145. The Labute approximate surface area is 113 Å². The zero-order valence-corrected chi connectivity index (χ0v) is 11.7. The van der Waals surface area contributed by atoms with E-state index in [9.17, 15) is 9.90 Å². The van der Waals surface area contributed by atoms with E-state index in [4.69, 9.17) is 4.74 Å². The third-order valence-corrected chi connectivity index (χ3v) is 4.02. The summed E-state index contributed by atoms with van der Waals surface area (Å²) in [6.07, 6.45) is 2.28. The van der Waals surface area contributed by atoms with E-state index in [1.807, 2.05) is 25.1 Å². The second kappa shape index (κ2) is 5.21. The van der Waals surface area contributed by atoms with Crippen LogP contribution in [-0.4, -0.2) is 24.2 Å². The number of hydrogen-bond donors (Lipinski definition) is 2. The molecule has 0 aliphatic heterocycles. The topological polar surface area (TPSA) is 58.6 Å². The standard InChI is InChI=1S/C15H21NO3/c1-4-10(2)16-15(14(17)18)8-7-11-5-6-12(19-3)9-13(11)15/h5-6,9-10,16H,4,7-8H2,1-3H3,(H,17,18). The van der Waals surface area contributed by atoms with Gasteiger partial charge in [-0.05, 0) is 49.4 Å². The van der Waals surface area contributed by atoms with Gasteiger partial charge in [0.15, 0.2) is 0 Å². The minimum Gasteiger partial charge on any atom is -0.497 e. The molecule has 0 saturated carbocycles. The molecule has 0 aromatic heterocycles. The maximum absolute atomic E-state index is 11.8. The molecule has 1 aromatic rings. The van der Waals surface area contributed by atoms with Crippen molar-refractivity contribution in [2.75, 3.05) is 7.11 Å². The molecule has 0 saturated heterocycles. The Morgan fingerprint density at radius 1 is 1.58 bits per heavy atom. The van der Waals surface area contributed by atoms with Gasteiger partial charge in [-0.3, -0.25) is 5.32 Å². The number of rotatable bonds is 5. The van der Waals surface area contributed by atoms with Gasteiger partial charge in [0.1, 0.15) is 11.3 Å². The predicted molar refractivity (Wildman–Crippen MR) is 73.5 cm³/mol. The fourth-order valence-electron chi connectivity index (χ4n) is 2.71. The van der Waals surface area contributed by atoms with Gasteiger partial charge in [-0.2, -0.15) is 0 Å². The van der Waals surface area contributed by atoms with E-state index in [1.54, 1.807) is 7.11 Å². The van der Waals surface area contributed by atoms with Gasteiger partial charge in [-0.15, -0.1) is 0 Å². The third kappa shape index (κ3) is 2.32. The first-order chi connectivity index (χ1) is 9.03. The van der Waals surface area contributed by atoms with Crippen molar-refractivity contribution in [2.24, 2.45) is 0 Å². The highest BCUT2D eigenvalue weighted by molar-refractivity contribution is 5.83. The molecule has 104 valence electrons. The molecule has 1 aliphatic rings. The fourth-order valence-corrected chi connectivity index (χ4v) is 2.71. The third-order valence-electron chi connectivity index (χ3n) is 4.02. The molecule has 1 aromatic carbocycles. The lowest BCUT2D eigenvalue weighted by Crippen LogP contribution is -2.51. The molecule has 4 heteroatoms. The summed E-state index contributed by atoms with van der Waals surface area (Å²) in [5.41, 5.74) is 0.970. The van der Waals surface area contributed by atoms with Crippen LogP contribution in [0.25, 0.3) is 0 Å². The summed E-state index contributed by atoms with van der Waals surface area (Å²) in [6.45, 7) is 4.07. The Hall–Kier alpha value is -1.55. The number of ether oxygens (including phenoxy) is 1. The van der Waals surface area contributed by atoms with Crippen molar-refractivity contribution in [3.63, 3.8) is 0 Å². The van der Waals surface area contributed by atoms with Crippen molar-refractivity contribution in [3.05, 3.63) is 29.3 Å². The first-order valence-electron chi connectivity index (χ1n) is 6.72. The average Bonchev–Trinajstić information content (AvgIpc) is 2.78. The van der Waals surface area contributed by atoms with Crippen LogP contribution >= 0.6 is 0 Å². The lowest BCUT2D eigenvalue weighted by atomic mass is 9.90. The Bertz CT molecular complexity index is 486. The van der Waals surface area contributed by atoms with E-state index in [2.05, 4.69) is 12.2 Å². The van der Waals surface area contributed by atoms with Crippen LogP contribution < -0.4 is 10.1 Å². The first kappa shape index (κ1) is 13.9. The van der Waals surface area contributed by atoms with Gasteiger partial charge in [0.25, 0.3) is 0 Å². The summed E-state index contributed by atoms with van der Waals surface area (Å²) in [5.74, 6) is -0.1000. The normalized spacial score (nSPS) is 22.9. The SMILES string of the molecule is CCC(C)NC1(C(=O)O)CCc2ccc(OC)cc21. The molecular weight excluding hydrogens is 242 g/mol. The monoisotopic (exact) mass is 263 g/mol. The average molecular weight is 263 g/mol. The van der Waals surface area contributed by atoms with Gasteiger partial charge >= 0.3 is 5.97 Å². The Morgan fingerprint density at radius 2 is 2.32 bits per heavy atom. The molecule has 2 N–H and O–H groups in total. The van der Waals surface area contributed by atoms with Crippen LogP contribution in [0, 0.1) is 0 Å². The van der Waals surface area contributed by atoms with E-state index < -0.39 is 11.5 Å². The van der Waals surface area contributed by atoms with Crippen molar-refractivity contribution in [2.45, 2.75) is 44.7 Å². The molecule has 0 amide bonds. The van der Waals surface area contributed by atoms with E-state index in [0.717, 1.165) is 24.0 Å². The molecule has 0 bridgehead atoms. The van der Waals surface area contributed by atoms with Gasteiger partial charge < -0.3 is 9.84 Å². The van der Waals surface area contributed by atoms with Crippen LogP contribution in [0.1, 0.15) is 37.8 Å². The number of aliphatic carboxylic acids is 1. The van der Waals surface area contributed by atoms with Crippen LogP contribution in [0.2, 0.25) is 0 Å². The number of fused-ring (bicyclic) bond motifs is 1. The van der Waals surface area contributed by atoms with Gasteiger partial charge in [-0.1, -0.05) is 13.0 Å². The predicted octanol–water partition coefficient (Wildman–Crippen LogP) is 2.31.